The molecule has 1 heterocycles. The van der Waals surface area contributed by atoms with E-state index < -0.39 is 34.5 Å². The van der Waals surface area contributed by atoms with Crippen LogP contribution in [0.15, 0.2) is 108 Å². The molecule has 0 unspecified atom stereocenters. The first-order valence-corrected chi connectivity index (χ1v) is 15.4. The zero-order valence-corrected chi connectivity index (χ0v) is 24.8. The molecule has 44 heavy (non-hydrogen) atoms. The van der Waals surface area contributed by atoms with Crippen LogP contribution in [0.4, 0.5) is 11.4 Å². The third kappa shape index (κ3) is 7.31. The van der Waals surface area contributed by atoms with Gasteiger partial charge in [-0.2, -0.15) is 4.31 Å². The van der Waals surface area contributed by atoms with Crippen LogP contribution in [0, 0.1) is 0 Å². The van der Waals surface area contributed by atoms with Crippen LogP contribution < -0.4 is 15.4 Å². The summed E-state index contributed by atoms with van der Waals surface area (Å²) >= 11 is 0. The van der Waals surface area contributed by atoms with Gasteiger partial charge in [-0.15, -0.1) is 0 Å². The Morgan fingerprint density at radius 2 is 1.52 bits per heavy atom. The van der Waals surface area contributed by atoms with E-state index in [4.69, 9.17) is 9.47 Å². The number of nitrogens with one attached hydrogen (secondary N) is 2. The van der Waals surface area contributed by atoms with Gasteiger partial charge in [-0.1, -0.05) is 54.6 Å². The average molecular weight is 614 g/mol. The van der Waals surface area contributed by atoms with Crippen molar-refractivity contribution in [2.24, 2.45) is 0 Å². The minimum atomic E-state index is -4.03. The molecule has 0 spiro atoms. The molecule has 0 aromatic heterocycles. The Kier molecular flexibility index (Phi) is 9.37. The third-order valence-electron chi connectivity index (χ3n) is 7.00. The highest BCUT2D eigenvalue weighted by Crippen LogP contribution is 2.37. The van der Waals surface area contributed by atoms with Crippen LogP contribution in [0.5, 0.6) is 11.5 Å². The van der Waals surface area contributed by atoms with E-state index in [1.165, 1.54) is 35.5 Å². The second kappa shape index (κ2) is 13.5. The van der Waals surface area contributed by atoms with Crippen LogP contribution in [0.1, 0.15) is 30.5 Å². The average Bonchev–Trinajstić information content (AvgIpc) is 3.01. The fraction of sp³-hybridized carbons (Fsp3) is 0.182. The Labute approximate surface area is 255 Å². The second-order valence-electron chi connectivity index (χ2n) is 10.1. The number of esters is 1. The van der Waals surface area contributed by atoms with Crippen molar-refractivity contribution in [3.63, 3.8) is 0 Å². The number of ether oxygens (including phenoxy) is 2. The van der Waals surface area contributed by atoms with Crippen molar-refractivity contribution in [3.05, 3.63) is 114 Å². The van der Waals surface area contributed by atoms with Gasteiger partial charge in [0.15, 0.2) is 12.4 Å². The Morgan fingerprint density at radius 3 is 2.27 bits per heavy atom. The van der Waals surface area contributed by atoms with E-state index in [1.54, 1.807) is 48.5 Å². The lowest BCUT2D eigenvalue weighted by molar-refractivity contribution is -0.148. The smallest absolute Gasteiger partial charge is 0.308 e. The Balaban J connectivity index is 1.27. The van der Waals surface area contributed by atoms with Crippen molar-refractivity contribution in [2.45, 2.75) is 30.7 Å². The molecule has 0 saturated carbocycles. The van der Waals surface area contributed by atoms with Crippen LogP contribution in [-0.4, -0.2) is 43.7 Å². The largest absolute Gasteiger partial charge is 0.456 e. The van der Waals surface area contributed by atoms with Gasteiger partial charge in [0.2, 0.25) is 15.9 Å². The van der Waals surface area contributed by atoms with Crippen molar-refractivity contribution in [3.8, 4) is 11.5 Å². The number of nitrogens with zero attached hydrogens (tertiary/aromatic N) is 1. The zero-order valence-electron chi connectivity index (χ0n) is 23.9. The van der Waals surface area contributed by atoms with Gasteiger partial charge in [0.05, 0.1) is 23.0 Å². The van der Waals surface area contributed by atoms with Crippen LogP contribution in [0.25, 0.3) is 0 Å². The van der Waals surface area contributed by atoms with Crippen molar-refractivity contribution in [1.29, 1.82) is 0 Å². The maximum absolute atomic E-state index is 13.8. The van der Waals surface area contributed by atoms with Gasteiger partial charge in [-0.3, -0.25) is 14.4 Å². The molecule has 4 aromatic rings. The summed E-state index contributed by atoms with van der Waals surface area (Å²) in [5.41, 5.74) is 2.50. The maximum atomic E-state index is 13.8. The molecule has 10 nitrogen and oxygen atoms in total. The Morgan fingerprint density at radius 1 is 0.841 bits per heavy atom. The lowest BCUT2D eigenvalue weighted by Gasteiger charge is -2.36. The molecule has 0 aliphatic carbocycles. The van der Waals surface area contributed by atoms with Crippen LogP contribution in [-0.2, 0) is 35.6 Å². The number of amides is 2. The first-order chi connectivity index (χ1) is 21.2. The highest BCUT2D eigenvalue weighted by atomic mass is 32.2. The first-order valence-electron chi connectivity index (χ1n) is 14.0. The SMILES string of the molecule is CC(=O)Nc1ccc(S(=O)(=O)N2CCc3ccccc3[C@H]2CC(=O)OCC(=O)Nc2ccccc2Oc2ccccc2)cc1. The predicted molar refractivity (Wildman–Crippen MR) is 165 cm³/mol. The number of para-hydroxylation sites is 3. The molecule has 0 fully saturated rings. The van der Waals surface area contributed by atoms with E-state index in [2.05, 4.69) is 10.6 Å². The van der Waals surface area contributed by atoms with E-state index in [0.717, 1.165) is 5.56 Å². The molecule has 4 aromatic carbocycles. The summed E-state index contributed by atoms with van der Waals surface area (Å²) in [7, 11) is -4.03. The molecule has 1 aliphatic heterocycles. The minimum Gasteiger partial charge on any atom is -0.456 e. The number of carbonyl (C=O) groups excluding carboxylic acids is 3. The molecule has 1 atom stereocenters. The maximum Gasteiger partial charge on any atom is 0.308 e. The monoisotopic (exact) mass is 613 g/mol. The summed E-state index contributed by atoms with van der Waals surface area (Å²) in [6.07, 6.45) is 0.180. The van der Waals surface area contributed by atoms with E-state index >= 15 is 0 Å². The second-order valence-corrected chi connectivity index (χ2v) is 12.0. The molecule has 0 bridgehead atoms. The van der Waals surface area contributed by atoms with Crippen molar-refractivity contribution in [2.75, 3.05) is 23.8 Å². The van der Waals surface area contributed by atoms with Crippen molar-refractivity contribution >= 4 is 39.2 Å². The van der Waals surface area contributed by atoms with Gasteiger partial charge in [-0.25, -0.2) is 8.42 Å². The predicted octanol–water partition coefficient (Wildman–Crippen LogP) is 5.30. The highest BCUT2D eigenvalue weighted by molar-refractivity contribution is 7.89. The topological polar surface area (TPSA) is 131 Å². The molecule has 226 valence electrons. The first kappa shape index (κ1) is 30.5. The molecule has 0 saturated heterocycles. The van der Waals surface area contributed by atoms with E-state index in [-0.39, 0.29) is 23.8 Å². The van der Waals surface area contributed by atoms with Crippen molar-refractivity contribution < 1.29 is 32.3 Å². The molecule has 2 N–H and O–H groups in total. The van der Waals surface area contributed by atoms with Crippen LogP contribution in [0.2, 0.25) is 0 Å². The lowest BCUT2D eigenvalue weighted by atomic mass is 9.92. The summed E-state index contributed by atoms with van der Waals surface area (Å²) in [5.74, 6) is -0.558. The van der Waals surface area contributed by atoms with Gasteiger partial charge >= 0.3 is 5.97 Å². The Bertz CT molecular complexity index is 1760. The van der Waals surface area contributed by atoms with Crippen LogP contribution >= 0.6 is 0 Å². The molecule has 0 radical (unpaired) electrons. The molecular weight excluding hydrogens is 582 g/mol. The van der Waals surface area contributed by atoms with Gasteiger partial charge in [0, 0.05) is 19.2 Å². The van der Waals surface area contributed by atoms with E-state index in [9.17, 15) is 22.8 Å². The minimum absolute atomic E-state index is 0.0279. The summed E-state index contributed by atoms with van der Waals surface area (Å²) in [6, 6.07) is 28.4. The van der Waals surface area contributed by atoms with Gasteiger partial charge in [-0.05, 0) is 66.1 Å². The summed E-state index contributed by atoms with van der Waals surface area (Å²) < 4.78 is 40.0. The number of hydrogen-bond acceptors (Lipinski definition) is 7. The molecule has 1 aliphatic rings. The van der Waals surface area contributed by atoms with Crippen LogP contribution in [0.3, 0.4) is 0 Å². The quantitative estimate of drug-likeness (QED) is 0.232. The fourth-order valence-electron chi connectivity index (χ4n) is 5.00. The molecular formula is C33H31N3O7S. The number of sulfonamides is 1. The summed E-state index contributed by atoms with van der Waals surface area (Å²) in [6.45, 7) is 0.955. The van der Waals surface area contributed by atoms with E-state index in [1.807, 2.05) is 30.3 Å². The molecule has 5 rings (SSSR count). The highest BCUT2D eigenvalue weighted by Gasteiger charge is 2.38. The lowest BCUT2D eigenvalue weighted by Crippen LogP contribution is -2.41. The fourth-order valence-corrected chi connectivity index (χ4v) is 6.61. The summed E-state index contributed by atoms with van der Waals surface area (Å²) in [5, 5.41) is 5.32. The number of benzene rings is 4. The number of carbonyl (C=O) groups is 3. The normalized spacial score (nSPS) is 14.6. The van der Waals surface area contributed by atoms with Gasteiger partial charge in [0.1, 0.15) is 5.75 Å². The number of hydrogen-bond donors (Lipinski definition) is 2. The Hall–Kier alpha value is -5.00. The van der Waals surface area contributed by atoms with Gasteiger partial charge < -0.3 is 20.1 Å². The third-order valence-corrected chi connectivity index (χ3v) is 8.92. The number of anilines is 2. The standard InChI is InChI=1S/C33H31N3O7S/c1-23(37)34-25-15-17-27(18-16-25)44(40,41)36-20-19-24-9-5-6-12-28(24)30(36)21-33(39)42-22-32(38)35-29-13-7-8-14-31(29)43-26-10-3-2-4-11-26/h2-18,30H,19-22H2,1H3,(H,34,37)(H,35,38)/t30-/m1/s1. The van der Waals surface area contributed by atoms with Crippen molar-refractivity contribution in [1.82, 2.24) is 4.31 Å². The summed E-state index contributed by atoms with van der Waals surface area (Å²) in [4.78, 5) is 37.2. The van der Waals surface area contributed by atoms with Gasteiger partial charge in [0.25, 0.3) is 5.91 Å². The number of rotatable bonds is 10. The zero-order chi connectivity index (χ0) is 31.1. The van der Waals surface area contributed by atoms with E-state index in [0.29, 0.717) is 34.9 Å². The molecule has 11 heteroatoms. The molecule has 2 amide bonds. The number of fused-ring (bicyclic) bond motifs is 1.